The highest BCUT2D eigenvalue weighted by Crippen LogP contribution is 2.45. The highest BCUT2D eigenvalue weighted by Gasteiger charge is 2.41. The molecule has 2 amide bonds. The first-order valence-electron chi connectivity index (χ1n) is 12.0. The predicted octanol–water partition coefficient (Wildman–Crippen LogP) is 3.21. The van der Waals surface area contributed by atoms with Crippen LogP contribution in [0.4, 0.5) is 13.2 Å². The van der Waals surface area contributed by atoms with Gasteiger partial charge in [0, 0.05) is 46.0 Å². The van der Waals surface area contributed by atoms with Crippen molar-refractivity contribution >= 4 is 28.7 Å². The number of alkyl halides is 3. The molecule has 0 radical (unpaired) electrons. The number of fused-ring (bicyclic) bond motifs is 1. The fraction of sp³-hybridized carbons (Fsp3) is 0.480. The summed E-state index contributed by atoms with van der Waals surface area (Å²) in [6, 6.07) is 4.08. The van der Waals surface area contributed by atoms with E-state index in [4.69, 9.17) is 4.74 Å². The van der Waals surface area contributed by atoms with Gasteiger partial charge in [0.1, 0.15) is 0 Å². The van der Waals surface area contributed by atoms with Crippen molar-refractivity contribution in [1.82, 2.24) is 20.0 Å². The lowest BCUT2D eigenvalue weighted by Gasteiger charge is -2.37. The monoisotopic (exact) mass is 537 g/mol. The summed E-state index contributed by atoms with van der Waals surface area (Å²) in [5.74, 6) is -0.476. The van der Waals surface area contributed by atoms with Gasteiger partial charge in [-0.25, -0.2) is 4.99 Å². The van der Waals surface area contributed by atoms with E-state index in [2.05, 4.69) is 15.2 Å². The summed E-state index contributed by atoms with van der Waals surface area (Å²) in [6.07, 6.45) is -4.42. The Hall–Kier alpha value is -2.83. The Labute approximate surface area is 218 Å². The zero-order chi connectivity index (χ0) is 26.7. The first-order chi connectivity index (χ1) is 17.6. The number of hydrogen-bond donors (Lipinski definition) is 1. The second-order valence-corrected chi connectivity index (χ2v) is 10.0. The van der Waals surface area contributed by atoms with E-state index in [1.165, 1.54) is 28.8 Å². The SMILES string of the molecule is CC1=C(C(=O)N(C)C)[C@@H](c2ccc(C(F)(F)F)cc2)N2C(CC(=O)NCCN3CCOCC3)=CSC2=N1. The summed E-state index contributed by atoms with van der Waals surface area (Å²) >= 11 is 1.33. The zero-order valence-corrected chi connectivity index (χ0v) is 21.8. The van der Waals surface area contributed by atoms with Gasteiger partial charge in [0.05, 0.1) is 42.5 Å². The predicted molar refractivity (Wildman–Crippen MR) is 135 cm³/mol. The van der Waals surface area contributed by atoms with E-state index < -0.39 is 17.8 Å². The number of morpholine rings is 1. The van der Waals surface area contributed by atoms with Crippen LogP contribution in [0.25, 0.3) is 0 Å². The number of aliphatic imine (C=N–C) groups is 1. The molecular weight excluding hydrogens is 507 g/mol. The number of likely N-dealkylation sites (N-methyl/N-ethyl adjacent to an activating group) is 1. The van der Waals surface area contributed by atoms with Crippen molar-refractivity contribution in [2.45, 2.75) is 25.6 Å². The molecule has 4 rings (SSSR count). The van der Waals surface area contributed by atoms with E-state index in [9.17, 15) is 22.8 Å². The van der Waals surface area contributed by atoms with Crippen molar-refractivity contribution in [2.75, 3.05) is 53.5 Å². The minimum absolute atomic E-state index is 0.0503. The van der Waals surface area contributed by atoms with E-state index >= 15 is 0 Å². The van der Waals surface area contributed by atoms with Gasteiger partial charge in [-0.3, -0.25) is 14.5 Å². The van der Waals surface area contributed by atoms with Crippen LogP contribution >= 0.6 is 11.8 Å². The fourth-order valence-corrected chi connectivity index (χ4v) is 5.42. The maximum absolute atomic E-state index is 13.2. The van der Waals surface area contributed by atoms with Crippen LogP contribution in [0.5, 0.6) is 0 Å². The molecule has 1 fully saturated rings. The van der Waals surface area contributed by atoms with E-state index in [0.717, 1.165) is 31.8 Å². The second kappa shape index (κ2) is 11.3. The van der Waals surface area contributed by atoms with Crippen LogP contribution in [-0.2, 0) is 20.5 Å². The molecule has 0 saturated carbocycles. The van der Waals surface area contributed by atoms with Crippen molar-refractivity contribution in [2.24, 2.45) is 4.99 Å². The average Bonchev–Trinajstić information content (AvgIpc) is 3.24. The third-order valence-electron chi connectivity index (χ3n) is 6.39. The molecule has 3 aliphatic rings. The second-order valence-electron chi connectivity index (χ2n) is 9.19. The Morgan fingerprint density at radius 3 is 2.49 bits per heavy atom. The third-order valence-corrected chi connectivity index (χ3v) is 7.28. The fourth-order valence-electron chi connectivity index (χ4n) is 4.46. The van der Waals surface area contributed by atoms with Crippen molar-refractivity contribution < 1.29 is 27.5 Å². The summed E-state index contributed by atoms with van der Waals surface area (Å²) in [4.78, 5) is 36.0. The number of benzene rings is 1. The largest absolute Gasteiger partial charge is 0.416 e. The number of amidine groups is 1. The maximum Gasteiger partial charge on any atom is 0.416 e. The van der Waals surface area contributed by atoms with E-state index in [-0.39, 0.29) is 18.2 Å². The Bertz CT molecular complexity index is 1130. The molecule has 0 spiro atoms. The van der Waals surface area contributed by atoms with Gasteiger partial charge in [-0.15, -0.1) is 0 Å². The molecule has 0 bridgehead atoms. The number of nitrogens with one attached hydrogen (secondary N) is 1. The number of carbonyl (C=O) groups is 2. The molecule has 1 aromatic carbocycles. The summed E-state index contributed by atoms with van der Waals surface area (Å²) < 4.78 is 45.0. The highest BCUT2D eigenvalue weighted by atomic mass is 32.2. The lowest BCUT2D eigenvalue weighted by Crippen LogP contribution is -2.42. The number of thioether (sulfide) groups is 1. The molecule has 12 heteroatoms. The van der Waals surface area contributed by atoms with E-state index in [1.807, 2.05) is 5.41 Å². The van der Waals surface area contributed by atoms with Gasteiger partial charge in [0.2, 0.25) is 5.91 Å². The van der Waals surface area contributed by atoms with Crippen LogP contribution in [-0.4, -0.2) is 85.2 Å². The Morgan fingerprint density at radius 1 is 1.19 bits per heavy atom. The standard InChI is InChI=1S/C25H30F3N5O3S/c1-16-21(23(35)31(2)3)22(17-4-6-18(7-5-17)25(26,27)28)33-19(15-37-24(33)30-16)14-20(34)29-8-9-32-10-12-36-13-11-32/h4-7,15,22H,8-14H2,1-3H3,(H,29,34)/t22-/m1/s1. The van der Waals surface area contributed by atoms with Crippen LogP contribution in [0.1, 0.15) is 30.5 Å². The molecule has 0 aliphatic carbocycles. The number of hydrogen-bond acceptors (Lipinski definition) is 7. The average molecular weight is 538 g/mol. The van der Waals surface area contributed by atoms with E-state index in [1.54, 1.807) is 25.9 Å². The molecular formula is C25H30F3N5O3S. The third kappa shape index (κ3) is 6.19. The molecule has 8 nitrogen and oxygen atoms in total. The topological polar surface area (TPSA) is 77.5 Å². The molecule has 3 heterocycles. The summed E-state index contributed by atoms with van der Waals surface area (Å²) in [5.41, 5.74) is 1.22. The summed E-state index contributed by atoms with van der Waals surface area (Å²) in [7, 11) is 3.23. The number of ether oxygens (including phenoxy) is 1. The Morgan fingerprint density at radius 2 is 1.86 bits per heavy atom. The minimum Gasteiger partial charge on any atom is -0.379 e. The minimum atomic E-state index is -4.47. The van der Waals surface area contributed by atoms with Crippen LogP contribution in [0.3, 0.4) is 0 Å². The molecule has 0 unspecified atom stereocenters. The highest BCUT2D eigenvalue weighted by molar-refractivity contribution is 8.16. The van der Waals surface area contributed by atoms with Gasteiger partial charge < -0.3 is 19.9 Å². The quantitative estimate of drug-likeness (QED) is 0.576. The summed E-state index contributed by atoms with van der Waals surface area (Å²) in [6.45, 7) is 5.95. The number of halogens is 3. The maximum atomic E-state index is 13.2. The van der Waals surface area contributed by atoms with Gasteiger partial charge in [0.25, 0.3) is 5.91 Å². The van der Waals surface area contributed by atoms with Gasteiger partial charge in [-0.2, -0.15) is 13.2 Å². The molecule has 200 valence electrons. The smallest absolute Gasteiger partial charge is 0.379 e. The Balaban J connectivity index is 1.56. The normalized spacial score (nSPS) is 20.4. The van der Waals surface area contributed by atoms with Gasteiger partial charge in [-0.1, -0.05) is 23.9 Å². The zero-order valence-electron chi connectivity index (χ0n) is 21.0. The molecule has 1 saturated heterocycles. The van der Waals surface area contributed by atoms with Gasteiger partial charge >= 0.3 is 6.18 Å². The molecule has 0 aromatic heterocycles. The van der Waals surface area contributed by atoms with Crippen molar-refractivity contribution in [3.05, 3.63) is 57.8 Å². The Kier molecular flexibility index (Phi) is 8.29. The van der Waals surface area contributed by atoms with Crippen LogP contribution in [0.15, 0.2) is 51.6 Å². The number of carbonyl (C=O) groups excluding carboxylic acids is 2. The molecule has 1 aromatic rings. The lowest BCUT2D eigenvalue weighted by molar-refractivity contribution is -0.137. The summed E-state index contributed by atoms with van der Waals surface area (Å²) in [5, 5.41) is 5.33. The number of amides is 2. The first kappa shape index (κ1) is 27.2. The van der Waals surface area contributed by atoms with Gasteiger partial charge in [0.15, 0.2) is 5.17 Å². The number of allylic oxidation sites excluding steroid dienone is 1. The van der Waals surface area contributed by atoms with Crippen molar-refractivity contribution in [1.29, 1.82) is 0 Å². The number of nitrogens with zero attached hydrogens (tertiary/aromatic N) is 4. The van der Waals surface area contributed by atoms with Crippen LogP contribution in [0, 0.1) is 0 Å². The van der Waals surface area contributed by atoms with Crippen LogP contribution < -0.4 is 5.32 Å². The first-order valence-corrected chi connectivity index (χ1v) is 12.8. The number of rotatable bonds is 7. The van der Waals surface area contributed by atoms with Crippen molar-refractivity contribution in [3.8, 4) is 0 Å². The van der Waals surface area contributed by atoms with E-state index in [0.29, 0.717) is 47.5 Å². The van der Waals surface area contributed by atoms with Crippen LogP contribution in [0.2, 0.25) is 0 Å². The molecule has 1 atom stereocenters. The molecule has 1 N–H and O–H groups in total. The van der Waals surface area contributed by atoms with Crippen molar-refractivity contribution in [3.63, 3.8) is 0 Å². The molecule has 37 heavy (non-hydrogen) atoms. The lowest BCUT2D eigenvalue weighted by atomic mass is 9.92. The van der Waals surface area contributed by atoms with Gasteiger partial charge in [-0.05, 0) is 30.0 Å². The molecule has 3 aliphatic heterocycles.